The van der Waals surface area contributed by atoms with Gasteiger partial charge in [-0.3, -0.25) is 4.79 Å². The van der Waals surface area contributed by atoms with Crippen LogP contribution in [0.5, 0.6) is 0 Å². The van der Waals surface area contributed by atoms with Crippen molar-refractivity contribution in [1.82, 2.24) is 15.5 Å². The molecule has 2 aliphatic rings. The zero-order chi connectivity index (χ0) is 17.2. The van der Waals surface area contributed by atoms with Gasteiger partial charge in [0.1, 0.15) is 0 Å². The van der Waals surface area contributed by atoms with Gasteiger partial charge in [-0.05, 0) is 32.6 Å². The largest absolute Gasteiger partial charge is 0.450 e. The summed E-state index contributed by atoms with van der Waals surface area (Å²) < 4.78 is 5.01. The zero-order valence-corrected chi connectivity index (χ0v) is 15.0. The van der Waals surface area contributed by atoms with Crippen LogP contribution in [0.15, 0.2) is 0 Å². The number of hydrogen-bond acceptors (Lipinski definition) is 4. The van der Waals surface area contributed by atoms with Crippen molar-refractivity contribution in [3.8, 4) is 0 Å². The molecule has 2 rings (SSSR count). The second-order valence-corrected chi connectivity index (χ2v) is 6.92. The number of nitrogens with zero attached hydrogens (tertiary/aromatic N) is 1. The van der Waals surface area contributed by atoms with Gasteiger partial charge >= 0.3 is 6.09 Å². The smallest absolute Gasteiger partial charge is 0.409 e. The van der Waals surface area contributed by atoms with Gasteiger partial charge in [0.05, 0.1) is 6.61 Å². The molecule has 0 aromatic rings. The van der Waals surface area contributed by atoms with E-state index in [1.807, 2.05) is 6.92 Å². The van der Waals surface area contributed by atoms with Gasteiger partial charge in [-0.25, -0.2) is 4.79 Å². The predicted molar refractivity (Wildman–Crippen MR) is 93.9 cm³/mol. The highest BCUT2D eigenvalue weighted by atomic mass is 16.6. The summed E-state index contributed by atoms with van der Waals surface area (Å²) in [6, 6.07) is 0.772. The lowest BCUT2D eigenvalue weighted by atomic mass is 10.1. The van der Waals surface area contributed by atoms with Crippen LogP contribution >= 0.6 is 0 Å². The molecule has 2 amide bonds. The lowest BCUT2D eigenvalue weighted by Crippen LogP contribution is -2.47. The third-order valence-corrected chi connectivity index (χ3v) is 5.03. The molecule has 0 atom stereocenters. The zero-order valence-electron chi connectivity index (χ0n) is 15.0. The first kappa shape index (κ1) is 19.0. The summed E-state index contributed by atoms with van der Waals surface area (Å²) in [5.41, 5.74) is 0. The topological polar surface area (TPSA) is 70.7 Å². The Morgan fingerprint density at radius 2 is 1.67 bits per heavy atom. The number of rotatable bonds is 6. The second kappa shape index (κ2) is 10.5. The van der Waals surface area contributed by atoms with E-state index in [1.54, 1.807) is 4.90 Å². The van der Waals surface area contributed by atoms with Crippen molar-refractivity contribution in [3.05, 3.63) is 0 Å². The minimum atomic E-state index is -0.241. The van der Waals surface area contributed by atoms with Crippen LogP contribution in [-0.2, 0) is 9.53 Å². The summed E-state index contributed by atoms with van der Waals surface area (Å²) in [4.78, 5) is 25.5. The highest BCUT2D eigenvalue weighted by Crippen LogP contribution is 2.17. The van der Waals surface area contributed by atoms with Crippen molar-refractivity contribution in [2.24, 2.45) is 0 Å². The van der Waals surface area contributed by atoms with E-state index in [1.165, 1.54) is 38.5 Å². The third-order valence-electron chi connectivity index (χ3n) is 5.03. The summed E-state index contributed by atoms with van der Waals surface area (Å²) in [5, 5.41) is 6.64. The molecule has 0 aromatic carbocycles. The Labute approximate surface area is 145 Å². The minimum Gasteiger partial charge on any atom is -0.450 e. The highest BCUT2D eigenvalue weighted by molar-refractivity contribution is 5.76. The van der Waals surface area contributed by atoms with Gasteiger partial charge in [-0.2, -0.15) is 0 Å². The summed E-state index contributed by atoms with van der Waals surface area (Å²) in [5.74, 6) is 0.116. The van der Waals surface area contributed by atoms with E-state index < -0.39 is 0 Å². The maximum absolute atomic E-state index is 12.1. The molecular weight excluding hydrogens is 306 g/mol. The van der Waals surface area contributed by atoms with Crippen LogP contribution in [0, 0.1) is 0 Å². The van der Waals surface area contributed by atoms with Crippen LogP contribution in [0.25, 0.3) is 0 Å². The van der Waals surface area contributed by atoms with Crippen molar-refractivity contribution in [2.45, 2.75) is 76.8 Å². The maximum Gasteiger partial charge on any atom is 0.409 e. The Morgan fingerprint density at radius 3 is 2.29 bits per heavy atom. The van der Waals surface area contributed by atoms with Crippen LogP contribution in [-0.4, -0.2) is 55.2 Å². The molecule has 0 spiro atoms. The van der Waals surface area contributed by atoms with Gasteiger partial charge in [-0.15, -0.1) is 0 Å². The molecule has 1 aliphatic carbocycles. The molecule has 0 aromatic heterocycles. The van der Waals surface area contributed by atoms with Gasteiger partial charge in [0.2, 0.25) is 5.91 Å². The second-order valence-electron chi connectivity index (χ2n) is 6.92. The average Bonchev–Trinajstić information content (AvgIpc) is 2.84. The Bertz CT molecular complexity index is 387. The molecule has 138 valence electrons. The number of carbonyl (C=O) groups is 2. The van der Waals surface area contributed by atoms with Gasteiger partial charge < -0.3 is 20.3 Å². The Morgan fingerprint density at radius 1 is 1.00 bits per heavy atom. The number of nitrogens with one attached hydrogen (secondary N) is 2. The number of ether oxygens (including phenoxy) is 1. The first-order chi connectivity index (χ1) is 11.7. The summed E-state index contributed by atoms with van der Waals surface area (Å²) in [6.07, 6.45) is 9.71. The summed E-state index contributed by atoms with van der Waals surface area (Å²) >= 11 is 0. The molecule has 1 heterocycles. The molecule has 1 saturated carbocycles. The number of hydrogen-bond donors (Lipinski definition) is 2. The maximum atomic E-state index is 12.1. The van der Waals surface area contributed by atoms with Crippen LogP contribution < -0.4 is 10.6 Å². The average molecular weight is 339 g/mol. The van der Waals surface area contributed by atoms with Crippen molar-refractivity contribution in [2.75, 3.05) is 26.2 Å². The summed E-state index contributed by atoms with van der Waals surface area (Å²) in [6.45, 7) is 4.30. The monoisotopic (exact) mass is 339 g/mol. The first-order valence-electron chi connectivity index (χ1n) is 9.63. The molecule has 1 saturated heterocycles. The molecule has 24 heavy (non-hydrogen) atoms. The van der Waals surface area contributed by atoms with Gasteiger partial charge in [-0.1, -0.05) is 25.7 Å². The molecule has 6 nitrogen and oxygen atoms in total. The van der Waals surface area contributed by atoms with E-state index in [4.69, 9.17) is 4.74 Å². The van der Waals surface area contributed by atoms with Crippen molar-refractivity contribution in [1.29, 1.82) is 0 Å². The van der Waals surface area contributed by atoms with E-state index in [-0.39, 0.29) is 18.0 Å². The molecule has 6 heteroatoms. The third kappa shape index (κ3) is 6.67. The van der Waals surface area contributed by atoms with Gasteiger partial charge in [0, 0.05) is 38.1 Å². The Kier molecular flexibility index (Phi) is 8.36. The van der Waals surface area contributed by atoms with Crippen LogP contribution in [0.3, 0.4) is 0 Å². The van der Waals surface area contributed by atoms with Gasteiger partial charge in [0.15, 0.2) is 0 Å². The fraction of sp³-hybridized carbons (Fsp3) is 0.889. The van der Waals surface area contributed by atoms with Crippen molar-refractivity contribution < 1.29 is 14.3 Å². The van der Waals surface area contributed by atoms with Crippen LogP contribution in [0.1, 0.15) is 64.7 Å². The predicted octanol–water partition coefficient (Wildman–Crippen LogP) is 2.43. The molecule has 2 N–H and O–H groups in total. The van der Waals surface area contributed by atoms with E-state index >= 15 is 0 Å². The molecule has 0 unspecified atom stereocenters. The minimum absolute atomic E-state index is 0.116. The fourth-order valence-electron chi connectivity index (χ4n) is 3.59. The Hall–Kier alpha value is -1.30. The fourth-order valence-corrected chi connectivity index (χ4v) is 3.59. The number of carbonyl (C=O) groups excluding carboxylic acids is 2. The molecule has 0 bridgehead atoms. The molecule has 0 radical (unpaired) electrons. The van der Waals surface area contributed by atoms with Crippen molar-refractivity contribution in [3.63, 3.8) is 0 Å². The van der Waals surface area contributed by atoms with E-state index in [2.05, 4.69) is 10.6 Å². The van der Waals surface area contributed by atoms with E-state index in [9.17, 15) is 9.59 Å². The quantitative estimate of drug-likeness (QED) is 0.729. The van der Waals surface area contributed by atoms with Gasteiger partial charge in [0.25, 0.3) is 0 Å². The molecule has 2 fully saturated rings. The lowest BCUT2D eigenvalue weighted by molar-refractivity contribution is -0.122. The highest BCUT2D eigenvalue weighted by Gasteiger charge is 2.24. The lowest BCUT2D eigenvalue weighted by Gasteiger charge is -2.31. The molecular formula is C18H33N3O3. The van der Waals surface area contributed by atoms with Crippen LogP contribution in [0.4, 0.5) is 4.79 Å². The van der Waals surface area contributed by atoms with Crippen molar-refractivity contribution >= 4 is 12.0 Å². The van der Waals surface area contributed by atoms with E-state index in [0.717, 1.165) is 19.4 Å². The van der Waals surface area contributed by atoms with E-state index in [0.29, 0.717) is 32.2 Å². The SMILES string of the molecule is CCOC(=O)N1CCC(NC(=O)CCNC2CCCCCC2)CC1. The summed E-state index contributed by atoms with van der Waals surface area (Å²) in [7, 11) is 0. The molecule has 1 aliphatic heterocycles. The number of amides is 2. The number of likely N-dealkylation sites (tertiary alicyclic amines) is 1. The normalized spacial score (nSPS) is 20.5. The Balaban J connectivity index is 1.57. The van der Waals surface area contributed by atoms with Crippen LogP contribution in [0.2, 0.25) is 0 Å². The first-order valence-corrected chi connectivity index (χ1v) is 9.63. The number of piperidine rings is 1. The standard InChI is InChI=1S/C18H33N3O3/c1-2-24-18(23)21-13-10-16(11-14-21)20-17(22)9-12-19-15-7-5-3-4-6-8-15/h15-16,19H,2-14H2,1H3,(H,20,22).